The van der Waals surface area contributed by atoms with Gasteiger partial charge in [0.2, 0.25) is 6.73 Å². The summed E-state index contributed by atoms with van der Waals surface area (Å²) in [5.41, 5.74) is 0.101. The Kier molecular flexibility index (Phi) is 3.42. The second-order valence-corrected chi connectivity index (χ2v) is 3.58. The van der Waals surface area contributed by atoms with Crippen LogP contribution < -0.4 is 4.74 Å². The number of carbonyl (C=O) groups is 1. The van der Waals surface area contributed by atoms with Gasteiger partial charge in [-0.1, -0.05) is 6.07 Å². The number of nitro groups is 1. The number of rotatable bonds is 5. The SMILES string of the molecule is O=C(O)c1cccc(OCn2ccc([N+](=O)[O-])n2)c1. The first-order valence-electron chi connectivity index (χ1n) is 5.20. The number of hydrogen-bond acceptors (Lipinski definition) is 5. The Morgan fingerprint density at radius 2 is 2.26 bits per heavy atom. The molecule has 0 saturated carbocycles. The molecule has 2 aromatic rings. The number of benzene rings is 1. The predicted molar refractivity (Wildman–Crippen MR) is 62.9 cm³/mol. The molecule has 1 aromatic heterocycles. The monoisotopic (exact) mass is 263 g/mol. The minimum Gasteiger partial charge on any atom is -0.478 e. The maximum atomic E-state index is 10.8. The van der Waals surface area contributed by atoms with Gasteiger partial charge in [-0.05, 0) is 23.1 Å². The van der Waals surface area contributed by atoms with Crippen LogP contribution in [0.4, 0.5) is 5.82 Å². The first kappa shape index (κ1) is 12.6. The van der Waals surface area contributed by atoms with Crippen molar-refractivity contribution in [3.63, 3.8) is 0 Å². The Labute approximate surface area is 107 Å². The molecule has 0 unspecified atom stereocenters. The molecule has 1 heterocycles. The quantitative estimate of drug-likeness (QED) is 0.647. The van der Waals surface area contributed by atoms with Crippen LogP contribution >= 0.6 is 0 Å². The van der Waals surface area contributed by atoms with Crippen molar-refractivity contribution in [1.29, 1.82) is 0 Å². The fourth-order valence-corrected chi connectivity index (χ4v) is 1.38. The van der Waals surface area contributed by atoms with E-state index in [4.69, 9.17) is 9.84 Å². The number of aromatic carboxylic acids is 1. The molecular weight excluding hydrogens is 254 g/mol. The minimum absolute atomic E-state index is 0.0447. The molecule has 8 heteroatoms. The average Bonchev–Trinajstić information content (AvgIpc) is 2.85. The van der Waals surface area contributed by atoms with Gasteiger partial charge in [0.05, 0.1) is 22.9 Å². The number of hydrogen-bond donors (Lipinski definition) is 1. The highest BCUT2D eigenvalue weighted by molar-refractivity contribution is 5.87. The first-order chi connectivity index (χ1) is 9.06. The zero-order valence-corrected chi connectivity index (χ0v) is 9.59. The molecule has 0 aliphatic rings. The second kappa shape index (κ2) is 5.17. The predicted octanol–water partition coefficient (Wildman–Crippen LogP) is 1.53. The molecule has 1 N–H and O–H groups in total. The fraction of sp³-hybridized carbons (Fsp3) is 0.0909. The fourth-order valence-electron chi connectivity index (χ4n) is 1.38. The van der Waals surface area contributed by atoms with Crippen molar-refractivity contribution >= 4 is 11.8 Å². The van der Waals surface area contributed by atoms with Crippen LogP contribution in [0.3, 0.4) is 0 Å². The summed E-state index contributed by atoms with van der Waals surface area (Å²) in [6.07, 6.45) is 1.40. The van der Waals surface area contributed by atoms with E-state index >= 15 is 0 Å². The van der Waals surface area contributed by atoms with Crippen LogP contribution in [0, 0.1) is 10.1 Å². The Hall–Kier alpha value is -2.90. The van der Waals surface area contributed by atoms with E-state index in [1.54, 1.807) is 12.1 Å². The molecule has 0 bridgehead atoms. The zero-order chi connectivity index (χ0) is 13.8. The number of nitrogens with zero attached hydrogens (tertiary/aromatic N) is 3. The Balaban J connectivity index is 2.03. The van der Waals surface area contributed by atoms with Crippen molar-refractivity contribution in [3.8, 4) is 5.75 Å². The molecule has 98 valence electrons. The van der Waals surface area contributed by atoms with E-state index in [9.17, 15) is 14.9 Å². The largest absolute Gasteiger partial charge is 0.478 e. The lowest BCUT2D eigenvalue weighted by atomic mass is 10.2. The zero-order valence-electron chi connectivity index (χ0n) is 9.59. The Morgan fingerprint density at radius 3 is 2.89 bits per heavy atom. The molecular formula is C11H9N3O5. The third-order valence-corrected chi connectivity index (χ3v) is 2.26. The summed E-state index contributed by atoms with van der Waals surface area (Å²) in [5.74, 6) is -0.985. The Morgan fingerprint density at radius 1 is 1.47 bits per heavy atom. The van der Waals surface area contributed by atoms with Gasteiger partial charge in [-0.25, -0.2) is 4.79 Å². The number of ether oxygens (including phenoxy) is 1. The maximum Gasteiger partial charge on any atom is 0.390 e. The van der Waals surface area contributed by atoms with E-state index in [0.717, 1.165) is 0 Å². The van der Waals surface area contributed by atoms with Gasteiger partial charge in [0.1, 0.15) is 5.75 Å². The topological polar surface area (TPSA) is 107 Å². The molecule has 0 amide bonds. The van der Waals surface area contributed by atoms with E-state index < -0.39 is 10.9 Å². The number of carboxylic acid groups (broad SMARTS) is 1. The lowest BCUT2D eigenvalue weighted by Gasteiger charge is -2.04. The lowest BCUT2D eigenvalue weighted by molar-refractivity contribution is -0.389. The number of carboxylic acids is 1. The summed E-state index contributed by atoms with van der Waals surface area (Å²) in [5, 5.41) is 22.9. The van der Waals surface area contributed by atoms with Gasteiger partial charge in [-0.3, -0.25) is 0 Å². The van der Waals surface area contributed by atoms with Gasteiger partial charge in [0, 0.05) is 0 Å². The van der Waals surface area contributed by atoms with Crippen LogP contribution in [0.25, 0.3) is 0 Å². The van der Waals surface area contributed by atoms with Crippen LogP contribution in [0.2, 0.25) is 0 Å². The van der Waals surface area contributed by atoms with Crippen molar-refractivity contribution in [3.05, 3.63) is 52.2 Å². The van der Waals surface area contributed by atoms with Gasteiger partial charge in [-0.15, -0.1) is 4.68 Å². The highest BCUT2D eigenvalue weighted by Gasteiger charge is 2.11. The molecule has 0 fully saturated rings. The lowest BCUT2D eigenvalue weighted by Crippen LogP contribution is -2.06. The van der Waals surface area contributed by atoms with Crippen LogP contribution in [0.5, 0.6) is 5.75 Å². The molecule has 19 heavy (non-hydrogen) atoms. The smallest absolute Gasteiger partial charge is 0.390 e. The summed E-state index contributed by atoms with van der Waals surface area (Å²) in [6, 6.07) is 7.18. The first-order valence-corrected chi connectivity index (χ1v) is 5.20. The molecule has 0 aliphatic heterocycles. The van der Waals surface area contributed by atoms with Gasteiger partial charge >= 0.3 is 11.8 Å². The highest BCUT2D eigenvalue weighted by atomic mass is 16.6. The Bertz CT molecular complexity index is 622. The van der Waals surface area contributed by atoms with E-state index in [2.05, 4.69) is 5.10 Å². The van der Waals surface area contributed by atoms with Gasteiger partial charge in [0.25, 0.3) is 0 Å². The number of aromatic nitrogens is 2. The molecule has 1 aromatic carbocycles. The van der Waals surface area contributed by atoms with Crippen molar-refractivity contribution in [2.24, 2.45) is 0 Å². The van der Waals surface area contributed by atoms with Gasteiger partial charge < -0.3 is 20.0 Å². The van der Waals surface area contributed by atoms with Crippen molar-refractivity contribution in [1.82, 2.24) is 9.78 Å². The summed E-state index contributed by atoms with van der Waals surface area (Å²) in [4.78, 5) is 20.6. The van der Waals surface area contributed by atoms with Crippen LogP contribution in [-0.2, 0) is 6.73 Å². The van der Waals surface area contributed by atoms with Gasteiger partial charge in [0.15, 0.2) is 0 Å². The molecule has 0 atom stereocenters. The molecule has 0 aliphatic carbocycles. The van der Waals surface area contributed by atoms with E-state index in [1.807, 2.05) is 0 Å². The second-order valence-electron chi connectivity index (χ2n) is 3.58. The summed E-state index contributed by atoms with van der Waals surface area (Å²) in [7, 11) is 0. The standard InChI is InChI=1S/C11H9N3O5/c15-11(16)8-2-1-3-9(6-8)19-7-13-5-4-10(12-13)14(17)18/h1-6H,7H2,(H,15,16). The van der Waals surface area contributed by atoms with E-state index in [1.165, 1.54) is 29.1 Å². The molecule has 0 saturated heterocycles. The van der Waals surface area contributed by atoms with Crippen molar-refractivity contribution in [2.45, 2.75) is 6.73 Å². The van der Waals surface area contributed by atoms with Crippen LogP contribution in [0.15, 0.2) is 36.5 Å². The summed E-state index contributed by atoms with van der Waals surface area (Å²) >= 11 is 0. The van der Waals surface area contributed by atoms with Crippen LogP contribution in [-0.4, -0.2) is 25.8 Å². The molecule has 0 radical (unpaired) electrons. The van der Waals surface area contributed by atoms with Crippen molar-refractivity contribution in [2.75, 3.05) is 0 Å². The molecule has 0 spiro atoms. The third kappa shape index (κ3) is 3.06. The van der Waals surface area contributed by atoms with E-state index in [0.29, 0.717) is 5.75 Å². The van der Waals surface area contributed by atoms with Gasteiger partial charge in [-0.2, -0.15) is 0 Å². The highest BCUT2D eigenvalue weighted by Crippen LogP contribution is 2.14. The molecule has 8 nitrogen and oxygen atoms in total. The molecule has 2 rings (SSSR count). The average molecular weight is 263 g/mol. The summed E-state index contributed by atoms with van der Waals surface area (Å²) in [6.45, 7) is -0.0447. The maximum absolute atomic E-state index is 10.8. The summed E-state index contributed by atoms with van der Waals surface area (Å²) < 4.78 is 6.53. The van der Waals surface area contributed by atoms with Crippen LogP contribution in [0.1, 0.15) is 10.4 Å². The van der Waals surface area contributed by atoms with E-state index in [-0.39, 0.29) is 18.1 Å². The minimum atomic E-state index is -1.06. The normalized spacial score (nSPS) is 10.1. The van der Waals surface area contributed by atoms with Crippen molar-refractivity contribution < 1.29 is 19.6 Å². The third-order valence-electron chi connectivity index (χ3n) is 2.26.